The number of hydrogen-bond acceptors (Lipinski definition) is 9. The number of carbonyl (C=O) groups is 2. The third kappa shape index (κ3) is 5.66. The summed E-state index contributed by atoms with van der Waals surface area (Å²) in [7, 11) is -4.19. The summed E-state index contributed by atoms with van der Waals surface area (Å²) >= 11 is 0. The Kier molecular flexibility index (Phi) is 7.66. The summed E-state index contributed by atoms with van der Waals surface area (Å²) in [6.45, 7) is 8.42. The van der Waals surface area contributed by atoms with Crippen LogP contribution in [-0.2, 0) is 23.1 Å². The quantitative estimate of drug-likeness (QED) is 0.284. The number of carbonyl (C=O) groups excluding carboxylic acids is 2. The molecule has 4 heterocycles. The predicted molar refractivity (Wildman–Crippen MR) is 185 cm³/mol. The molecule has 5 aliphatic rings. The summed E-state index contributed by atoms with van der Waals surface area (Å²) in [5.74, 6) is 0.302. The molecule has 0 radical (unpaired) electrons. The van der Waals surface area contributed by atoms with Gasteiger partial charge in [0.15, 0.2) is 5.69 Å². The second-order valence-electron chi connectivity index (χ2n) is 14.6. The highest BCUT2D eigenvalue weighted by Crippen LogP contribution is 2.66. The Hall–Kier alpha value is -4.91. The summed E-state index contributed by atoms with van der Waals surface area (Å²) in [4.78, 5) is 49.4. The molecular formula is C37H39N7O5S. The minimum Gasteiger partial charge on any atom is -0.475 e. The normalized spacial score (nSPS) is 23.5. The van der Waals surface area contributed by atoms with E-state index in [1.54, 1.807) is 34.2 Å². The molecule has 1 N–H and O–H groups in total. The minimum atomic E-state index is -4.19. The van der Waals surface area contributed by atoms with Crippen molar-refractivity contribution in [2.24, 2.45) is 11.3 Å². The van der Waals surface area contributed by atoms with Gasteiger partial charge in [-0.15, -0.1) is 0 Å². The van der Waals surface area contributed by atoms with Crippen molar-refractivity contribution in [2.45, 2.75) is 83.4 Å². The van der Waals surface area contributed by atoms with Gasteiger partial charge in [-0.1, -0.05) is 24.3 Å². The molecule has 2 amide bonds. The summed E-state index contributed by atoms with van der Waals surface area (Å²) < 4.78 is 36.5. The summed E-state index contributed by atoms with van der Waals surface area (Å²) in [5.41, 5.74) is 5.12. The molecule has 258 valence electrons. The topological polar surface area (TPSA) is 148 Å². The molecule has 12 nitrogen and oxygen atoms in total. The van der Waals surface area contributed by atoms with Gasteiger partial charge in [0, 0.05) is 23.2 Å². The molecule has 4 aromatic rings. The second-order valence-corrected chi connectivity index (χ2v) is 16.3. The maximum atomic E-state index is 14.6. The molecule has 50 heavy (non-hydrogen) atoms. The van der Waals surface area contributed by atoms with Crippen molar-refractivity contribution in [3.63, 3.8) is 0 Å². The Morgan fingerprint density at radius 1 is 0.980 bits per heavy atom. The molecule has 3 saturated carbocycles. The second kappa shape index (κ2) is 11.9. The van der Waals surface area contributed by atoms with Gasteiger partial charge in [0.05, 0.1) is 47.3 Å². The van der Waals surface area contributed by atoms with Crippen LogP contribution in [0.5, 0.6) is 5.88 Å². The van der Waals surface area contributed by atoms with E-state index in [-0.39, 0.29) is 58.7 Å². The molecule has 13 heteroatoms. The first-order valence-corrected chi connectivity index (χ1v) is 18.5. The zero-order chi connectivity index (χ0) is 34.9. The van der Waals surface area contributed by atoms with Gasteiger partial charge < -0.3 is 14.5 Å². The number of nitrogens with one attached hydrogen (secondary N) is 1. The van der Waals surface area contributed by atoms with Crippen LogP contribution in [0.4, 0.5) is 5.95 Å². The Morgan fingerprint density at radius 2 is 1.72 bits per heavy atom. The van der Waals surface area contributed by atoms with Crippen LogP contribution in [0.3, 0.4) is 0 Å². The predicted octanol–water partition coefficient (Wildman–Crippen LogP) is 5.31. The van der Waals surface area contributed by atoms with Gasteiger partial charge in [0.1, 0.15) is 6.61 Å². The van der Waals surface area contributed by atoms with Crippen molar-refractivity contribution in [1.82, 2.24) is 29.7 Å². The fourth-order valence-electron chi connectivity index (χ4n) is 8.04. The highest BCUT2D eigenvalue weighted by atomic mass is 32.2. The van der Waals surface area contributed by atoms with Gasteiger partial charge in [-0.2, -0.15) is 4.98 Å². The first-order valence-electron chi connectivity index (χ1n) is 17.1. The fraction of sp³-hybridized carbons (Fsp3) is 0.405. The van der Waals surface area contributed by atoms with E-state index >= 15 is 0 Å². The largest absolute Gasteiger partial charge is 0.475 e. The summed E-state index contributed by atoms with van der Waals surface area (Å²) in [6, 6.07) is 13.2. The first kappa shape index (κ1) is 32.3. The number of sulfonamides is 1. The third-order valence-corrected chi connectivity index (χ3v) is 12.0. The molecule has 3 aliphatic carbocycles. The standard InChI is InChI=1S/C37H39N7O5S/c1-21(2)43-19-30-33(35(43)46)38-17-26(39-30)18-44-27(16-37-13-24(14-37)15-37)20-49-31-12-29(32-22(3)7-5-8-23(32)4)40-36(41-31)42-50(47,48)28-10-6-9-25(11-28)34(44)45/h5-12,17,21,24,27H,13-16,18-20H2,1-4H3,(H,40,41,42)/t24?,27-,37?/m1/s1. The van der Waals surface area contributed by atoms with E-state index < -0.39 is 16.1 Å². The van der Waals surface area contributed by atoms with Crippen molar-refractivity contribution in [1.29, 1.82) is 0 Å². The van der Waals surface area contributed by atoms with Gasteiger partial charge in [0.25, 0.3) is 21.8 Å². The highest BCUT2D eigenvalue weighted by Gasteiger charge is 2.57. The van der Waals surface area contributed by atoms with E-state index in [9.17, 15) is 18.0 Å². The molecule has 0 saturated heterocycles. The minimum absolute atomic E-state index is 0.00664. The molecule has 9 rings (SSSR count). The lowest BCUT2D eigenvalue weighted by atomic mass is 9.43. The van der Waals surface area contributed by atoms with Crippen LogP contribution in [0, 0.1) is 25.2 Å². The number of ether oxygens (including phenoxy) is 1. The maximum absolute atomic E-state index is 14.6. The number of rotatable bonds is 6. The lowest BCUT2D eigenvalue weighted by molar-refractivity contribution is -0.126. The Morgan fingerprint density at radius 3 is 2.42 bits per heavy atom. The number of aryl methyl sites for hydroxylation is 2. The van der Waals surface area contributed by atoms with Gasteiger partial charge in [-0.25, -0.2) is 28.1 Å². The number of aromatic nitrogens is 4. The molecule has 2 aromatic carbocycles. The van der Waals surface area contributed by atoms with E-state index in [0.717, 1.165) is 41.9 Å². The van der Waals surface area contributed by atoms with Crippen LogP contribution >= 0.6 is 0 Å². The van der Waals surface area contributed by atoms with Crippen LogP contribution in [0.25, 0.3) is 11.3 Å². The van der Waals surface area contributed by atoms with Gasteiger partial charge in [-0.05, 0) is 94.0 Å². The molecule has 6 bridgehead atoms. The van der Waals surface area contributed by atoms with Crippen molar-refractivity contribution in [2.75, 3.05) is 11.3 Å². The van der Waals surface area contributed by atoms with Crippen LogP contribution < -0.4 is 9.46 Å². The molecule has 0 unspecified atom stereocenters. The third-order valence-electron chi connectivity index (χ3n) is 10.6. The number of fused-ring (bicyclic) bond motifs is 5. The lowest BCUT2D eigenvalue weighted by Crippen LogP contribution is -2.56. The average Bonchev–Trinajstić information content (AvgIpc) is 3.37. The molecular weight excluding hydrogens is 655 g/mol. The number of nitrogens with zero attached hydrogens (tertiary/aromatic N) is 6. The number of anilines is 1. The Balaban J connectivity index is 1.23. The lowest BCUT2D eigenvalue weighted by Gasteiger charge is -2.63. The van der Waals surface area contributed by atoms with E-state index in [4.69, 9.17) is 9.72 Å². The SMILES string of the molecule is Cc1cccc(C)c1-c1cc2nc(n1)NS(=O)(=O)c1cccc(c1)C(=O)N(Cc1cnc3c(n1)CN(C(C)C)C3=O)[C@H](CC13CC(C1)C3)CO2. The van der Waals surface area contributed by atoms with Crippen molar-refractivity contribution in [3.8, 4) is 17.1 Å². The van der Waals surface area contributed by atoms with Gasteiger partial charge in [0.2, 0.25) is 11.8 Å². The Labute approximate surface area is 291 Å². The number of hydrogen-bond donors (Lipinski definition) is 1. The molecule has 1 atom stereocenters. The Bertz CT molecular complexity index is 2130. The summed E-state index contributed by atoms with van der Waals surface area (Å²) in [5, 5.41) is 0. The van der Waals surface area contributed by atoms with Crippen molar-refractivity contribution in [3.05, 3.63) is 88.5 Å². The summed E-state index contributed by atoms with van der Waals surface area (Å²) in [6.07, 6.45) is 5.62. The van der Waals surface area contributed by atoms with E-state index in [0.29, 0.717) is 35.7 Å². The maximum Gasteiger partial charge on any atom is 0.275 e. The van der Waals surface area contributed by atoms with Gasteiger partial charge in [-0.3, -0.25) is 9.59 Å². The van der Waals surface area contributed by atoms with Crippen LogP contribution in [0.2, 0.25) is 0 Å². The van der Waals surface area contributed by atoms with E-state index in [2.05, 4.69) is 19.7 Å². The van der Waals surface area contributed by atoms with Gasteiger partial charge >= 0.3 is 0 Å². The average molecular weight is 694 g/mol. The molecule has 2 aromatic heterocycles. The molecule has 3 fully saturated rings. The monoisotopic (exact) mass is 693 g/mol. The number of amides is 2. The van der Waals surface area contributed by atoms with Crippen molar-refractivity contribution < 1.29 is 22.7 Å². The van der Waals surface area contributed by atoms with Crippen LogP contribution in [0.1, 0.15) is 82.9 Å². The number of benzene rings is 2. The molecule has 2 aliphatic heterocycles. The van der Waals surface area contributed by atoms with Crippen LogP contribution in [0.15, 0.2) is 59.6 Å². The van der Waals surface area contributed by atoms with Crippen molar-refractivity contribution >= 4 is 27.8 Å². The van der Waals surface area contributed by atoms with E-state index in [1.807, 2.05) is 45.9 Å². The highest BCUT2D eigenvalue weighted by molar-refractivity contribution is 7.92. The van der Waals surface area contributed by atoms with Crippen LogP contribution in [-0.4, -0.2) is 68.7 Å². The molecule has 0 spiro atoms. The zero-order valence-electron chi connectivity index (χ0n) is 28.5. The zero-order valence-corrected chi connectivity index (χ0v) is 29.3. The fourth-order valence-corrected chi connectivity index (χ4v) is 9.03. The van der Waals surface area contributed by atoms with E-state index in [1.165, 1.54) is 12.1 Å². The first-order chi connectivity index (χ1) is 23.9. The smallest absolute Gasteiger partial charge is 0.275 e.